The Bertz CT molecular complexity index is 437. The molecule has 0 radical (unpaired) electrons. The summed E-state index contributed by atoms with van der Waals surface area (Å²) in [6.45, 7) is 2.41. The first kappa shape index (κ1) is 11.7. The summed E-state index contributed by atoms with van der Waals surface area (Å²) in [5.41, 5.74) is 0.788. The van der Waals surface area contributed by atoms with E-state index in [1.54, 1.807) is 17.9 Å². The molecule has 1 aromatic rings. The number of likely N-dealkylation sites (tertiary alicyclic amines) is 1. The number of nitrogens with zero attached hydrogens (tertiary/aromatic N) is 1. The number of furan rings is 1. The summed E-state index contributed by atoms with van der Waals surface area (Å²) in [5.74, 6) is -0.746. The second-order valence-electron chi connectivity index (χ2n) is 4.33. The van der Waals surface area contributed by atoms with E-state index < -0.39 is 5.97 Å². The molecule has 0 saturated carbocycles. The number of hydrogen-bond acceptors (Lipinski definition) is 3. The molecule has 5 heteroatoms. The average molecular weight is 237 g/mol. The summed E-state index contributed by atoms with van der Waals surface area (Å²) in [4.78, 5) is 24.5. The molecule has 0 spiro atoms. The van der Waals surface area contributed by atoms with Crippen LogP contribution in [0.3, 0.4) is 0 Å². The van der Waals surface area contributed by atoms with Crippen LogP contribution in [0.1, 0.15) is 35.4 Å². The van der Waals surface area contributed by atoms with Gasteiger partial charge in [-0.1, -0.05) is 0 Å². The van der Waals surface area contributed by atoms with Crippen LogP contribution in [-0.4, -0.2) is 34.5 Å². The third-order valence-electron chi connectivity index (χ3n) is 3.10. The molecule has 1 unspecified atom stereocenters. The Labute approximate surface area is 99.0 Å². The largest absolute Gasteiger partial charge is 0.481 e. The second kappa shape index (κ2) is 4.61. The summed E-state index contributed by atoms with van der Waals surface area (Å²) in [5, 5.41) is 8.80. The number of aliphatic carboxylic acids is 1. The van der Waals surface area contributed by atoms with Crippen LogP contribution >= 0.6 is 0 Å². The van der Waals surface area contributed by atoms with Gasteiger partial charge in [-0.15, -0.1) is 0 Å². The Morgan fingerprint density at radius 3 is 2.94 bits per heavy atom. The molecule has 0 bridgehead atoms. The number of carbonyl (C=O) groups excluding carboxylic acids is 1. The zero-order valence-electron chi connectivity index (χ0n) is 9.68. The average Bonchev–Trinajstić information content (AvgIpc) is 2.85. The van der Waals surface area contributed by atoms with E-state index in [9.17, 15) is 9.59 Å². The molecular formula is C12H15NO4. The lowest BCUT2D eigenvalue weighted by molar-refractivity contribution is -0.137. The highest BCUT2D eigenvalue weighted by Crippen LogP contribution is 2.23. The highest BCUT2D eigenvalue weighted by atomic mass is 16.4. The van der Waals surface area contributed by atoms with Crippen molar-refractivity contribution in [3.05, 3.63) is 23.7 Å². The summed E-state index contributed by atoms with van der Waals surface area (Å²) >= 11 is 0. The van der Waals surface area contributed by atoms with Gasteiger partial charge in [0, 0.05) is 18.2 Å². The van der Waals surface area contributed by atoms with Gasteiger partial charge in [0.2, 0.25) is 0 Å². The molecule has 1 aliphatic rings. The number of hydrogen-bond donors (Lipinski definition) is 1. The molecule has 1 N–H and O–H groups in total. The van der Waals surface area contributed by atoms with E-state index in [4.69, 9.17) is 9.52 Å². The van der Waals surface area contributed by atoms with Gasteiger partial charge in [-0.2, -0.15) is 0 Å². The predicted octanol–water partition coefficient (Wildman–Crippen LogP) is 1.67. The molecule has 5 nitrogen and oxygen atoms in total. The highest BCUT2D eigenvalue weighted by Gasteiger charge is 2.32. The summed E-state index contributed by atoms with van der Waals surface area (Å²) < 4.78 is 5.15. The van der Waals surface area contributed by atoms with Gasteiger partial charge in [0.15, 0.2) is 5.76 Å². The molecule has 2 heterocycles. The lowest BCUT2D eigenvalue weighted by atomic mass is 10.1. The fourth-order valence-corrected chi connectivity index (χ4v) is 2.24. The van der Waals surface area contributed by atoms with E-state index in [-0.39, 0.29) is 18.4 Å². The van der Waals surface area contributed by atoms with Crippen molar-refractivity contribution in [2.24, 2.45) is 0 Å². The van der Waals surface area contributed by atoms with E-state index >= 15 is 0 Å². The maximum absolute atomic E-state index is 12.2. The minimum Gasteiger partial charge on any atom is -0.481 e. The van der Waals surface area contributed by atoms with Crippen LogP contribution in [0.5, 0.6) is 0 Å². The predicted molar refractivity (Wildman–Crippen MR) is 59.8 cm³/mol. The first-order chi connectivity index (χ1) is 8.09. The van der Waals surface area contributed by atoms with Gasteiger partial charge >= 0.3 is 5.97 Å². The van der Waals surface area contributed by atoms with E-state index in [1.165, 1.54) is 6.26 Å². The van der Waals surface area contributed by atoms with Gasteiger partial charge in [-0.05, 0) is 25.8 Å². The lowest BCUT2D eigenvalue weighted by Gasteiger charge is -2.22. The number of rotatable bonds is 3. The highest BCUT2D eigenvalue weighted by molar-refractivity contribution is 5.93. The normalized spacial score (nSPS) is 19.6. The molecule has 1 amide bonds. The van der Waals surface area contributed by atoms with Crippen LogP contribution in [0, 0.1) is 6.92 Å². The molecule has 1 fully saturated rings. The minimum atomic E-state index is -0.870. The fraction of sp³-hybridized carbons (Fsp3) is 0.500. The molecule has 0 aliphatic carbocycles. The van der Waals surface area contributed by atoms with Crippen LogP contribution in [0.15, 0.2) is 16.7 Å². The van der Waals surface area contributed by atoms with Crippen LogP contribution in [0.2, 0.25) is 0 Å². The molecule has 1 aromatic heterocycles. The second-order valence-corrected chi connectivity index (χ2v) is 4.33. The van der Waals surface area contributed by atoms with Gasteiger partial charge in [0.25, 0.3) is 5.91 Å². The molecule has 2 rings (SSSR count). The summed E-state index contributed by atoms with van der Waals surface area (Å²) in [6, 6.07) is 1.53. The summed E-state index contributed by atoms with van der Waals surface area (Å²) in [7, 11) is 0. The van der Waals surface area contributed by atoms with Gasteiger partial charge in [0.1, 0.15) is 0 Å². The molecule has 1 aliphatic heterocycles. The SMILES string of the molecule is Cc1ccoc1C(=O)N1CCCC1CC(=O)O. The van der Waals surface area contributed by atoms with Crippen molar-refractivity contribution in [2.75, 3.05) is 6.54 Å². The smallest absolute Gasteiger partial charge is 0.305 e. The molecule has 0 aromatic carbocycles. The lowest BCUT2D eigenvalue weighted by Crippen LogP contribution is -2.36. The zero-order valence-corrected chi connectivity index (χ0v) is 9.68. The first-order valence-corrected chi connectivity index (χ1v) is 5.66. The maximum Gasteiger partial charge on any atom is 0.305 e. The van der Waals surface area contributed by atoms with E-state index in [1.807, 2.05) is 0 Å². The van der Waals surface area contributed by atoms with Gasteiger partial charge in [0.05, 0.1) is 12.7 Å². The van der Waals surface area contributed by atoms with Crippen LogP contribution < -0.4 is 0 Å². The number of amides is 1. The van der Waals surface area contributed by atoms with E-state index in [0.29, 0.717) is 12.3 Å². The van der Waals surface area contributed by atoms with Crippen molar-refractivity contribution in [2.45, 2.75) is 32.2 Å². The Balaban J connectivity index is 2.14. The fourth-order valence-electron chi connectivity index (χ4n) is 2.24. The standard InChI is InChI=1S/C12H15NO4/c1-8-4-6-17-11(8)12(16)13-5-2-3-9(13)7-10(14)15/h4,6,9H,2-3,5,7H2,1H3,(H,14,15). The quantitative estimate of drug-likeness (QED) is 0.868. The zero-order chi connectivity index (χ0) is 12.4. The van der Waals surface area contributed by atoms with Crippen molar-refractivity contribution in [1.29, 1.82) is 0 Å². The Morgan fingerprint density at radius 2 is 2.35 bits per heavy atom. The topological polar surface area (TPSA) is 70.8 Å². The summed E-state index contributed by atoms with van der Waals surface area (Å²) in [6.07, 6.45) is 3.08. The molecule has 1 saturated heterocycles. The molecule has 17 heavy (non-hydrogen) atoms. The Morgan fingerprint density at radius 1 is 1.59 bits per heavy atom. The first-order valence-electron chi connectivity index (χ1n) is 5.66. The molecule has 1 atom stereocenters. The van der Waals surface area contributed by atoms with Crippen LogP contribution in [0.4, 0.5) is 0 Å². The Kier molecular flexibility index (Phi) is 3.17. The van der Waals surface area contributed by atoms with Crippen LogP contribution in [-0.2, 0) is 4.79 Å². The van der Waals surface area contributed by atoms with Gasteiger partial charge in [-0.25, -0.2) is 0 Å². The van der Waals surface area contributed by atoms with Gasteiger partial charge in [-0.3, -0.25) is 9.59 Å². The van der Waals surface area contributed by atoms with Crippen LogP contribution in [0.25, 0.3) is 0 Å². The van der Waals surface area contributed by atoms with Crippen molar-refractivity contribution < 1.29 is 19.1 Å². The molecule has 92 valence electrons. The maximum atomic E-state index is 12.2. The van der Waals surface area contributed by atoms with Gasteiger partial charge < -0.3 is 14.4 Å². The van der Waals surface area contributed by atoms with E-state index in [2.05, 4.69) is 0 Å². The number of aryl methyl sites for hydroxylation is 1. The number of carbonyl (C=O) groups is 2. The third-order valence-corrected chi connectivity index (χ3v) is 3.10. The Hall–Kier alpha value is -1.78. The monoisotopic (exact) mass is 237 g/mol. The van der Waals surface area contributed by atoms with Crippen molar-refractivity contribution >= 4 is 11.9 Å². The number of carboxylic acids is 1. The number of carboxylic acid groups (broad SMARTS) is 1. The van der Waals surface area contributed by atoms with Crippen molar-refractivity contribution in [3.8, 4) is 0 Å². The van der Waals surface area contributed by atoms with Crippen molar-refractivity contribution in [3.63, 3.8) is 0 Å². The third kappa shape index (κ3) is 2.33. The minimum absolute atomic E-state index is 0.00545. The van der Waals surface area contributed by atoms with Crippen molar-refractivity contribution in [1.82, 2.24) is 4.90 Å². The molecular weight excluding hydrogens is 222 g/mol. The van der Waals surface area contributed by atoms with E-state index in [0.717, 1.165) is 18.4 Å².